The van der Waals surface area contributed by atoms with E-state index in [2.05, 4.69) is 4.74 Å². The number of rotatable bonds is 6. The summed E-state index contributed by atoms with van der Waals surface area (Å²) in [6.07, 6.45) is 1.23. The lowest BCUT2D eigenvalue weighted by Gasteiger charge is -2.20. The lowest BCUT2D eigenvalue weighted by atomic mass is 10.2. The van der Waals surface area contributed by atoms with Gasteiger partial charge in [0, 0.05) is 24.9 Å². The molecule has 6 nitrogen and oxygen atoms in total. The monoisotopic (exact) mass is 313 g/mol. The van der Waals surface area contributed by atoms with Crippen LogP contribution in [0.3, 0.4) is 0 Å². The smallest absolute Gasteiger partial charge is 0.307 e. The summed E-state index contributed by atoms with van der Waals surface area (Å²) in [4.78, 5) is 25.1. The number of sulfone groups is 1. The van der Waals surface area contributed by atoms with E-state index < -0.39 is 9.84 Å². The van der Waals surface area contributed by atoms with Crippen LogP contribution >= 0.6 is 0 Å². The molecule has 21 heavy (non-hydrogen) atoms. The van der Waals surface area contributed by atoms with Crippen molar-refractivity contribution < 1.29 is 22.7 Å². The van der Waals surface area contributed by atoms with Crippen LogP contribution < -0.4 is 0 Å². The Morgan fingerprint density at radius 1 is 1.19 bits per heavy atom. The molecule has 1 aromatic rings. The van der Waals surface area contributed by atoms with Crippen molar-refractivity contribution in [3.8, 4) is 0 Å². The maximum absolute atomic E-state index is 12.3. The van der Waals surface area contributed by atoms with Crippen LogP contribution in [0, 0.1) is 0 Å². The highest BCUT2D eigenvalue weighted by molar-refractivity contribution is 7.90. The van der Waals surface area contributed by atoms with E-state index in [0.29, 0.717) is 12.1 Å². The minimum absolute atomic E-state index is 0.123. The van der Waals surface area contributed by atoms with Gasteiger partial charge in [0.1, 0.15) is 0 Å². The Morgan fingerprint density at radius 3 is 2.19 bits per heavy atom. The Hall–Kier alpha value is -1.89. The molecule has 1 rings (SSSR count). The largest absolute Gasteiger partial charge is 0.469 e. The van der Waals surface area contributed by atoms with E-state index in [4.69, 9.17) is 0 Å². The normalized spacial score (nSPS) is 11.0. The van der Waals surface area contributed by atoms with Crippen LogP contribution in [-0.4, -0.2) is 51.6 Å². The third-order valence-electron chi connectivity index (χ3n) is 3.01. The number of nitrogens with zero attached hydrogens (tertiary/aromatic N) is 1. The molecule has 0 radical (unpaired) electrons. The highest BCUT2D eigenvalue weighted by Crippen LogP contribution is 2.12. The molecule has 1 amide bonds. The van der Waals surface area contributed by atoms with Crippen molar-refractivity contribution in [2.24, 2.45) is 0 Å². The first kappa shape index (κ1) is 17.2. The molecular formula is C14H19NO5S. The predicted octanol–water partition coefficient (Wildman–Crippen LogP) is 1.12. The third-order valence-corrected chi connectivity index (χ3v) is 4.14. The zero-order valence-electron chi connectivity index (χ0n) is 12.3. The second-order valence-electron chi connectivity index (χ2n) is 4.51. The fourth-order valence-corrected chi connectivity index (χ4v) is 2.39. The molecular weight excluding hydrogens is 294 g/mol. The molecule has 0 aromatic heterocycles. The topological polar surface area (TPSA) is 80.8 Å². The number of esters is 1. The highest BCUT2D eigenvalue weighted by Gasteiger charge is 2.16. The predicted molar refractivity (Wildman–Crippen MR) is 77.8 cm³/mol. The van der Waals surface area contributed by atoms with Crippen molar-refractivity contribution >= 4 is 21.7 Å². The minimum Gasteiger partial charge on any atom is -0.469 e. The third kappa shape index (κ3) is 4.86. The van der Waals surface area contributed by atoms with E-state index >= 15 is 0 Å². The number of ether oxygens (including phenoxy) is 1. The van der Waals surface area contributed by atoms with Gasteiger partial charge in [-0.1, -0.05) is 0 Å². The Morgan fingerprint density at radius 2 is 1.76 bits per heavy atom. The molecule has 0 heterocycles. The van der Waals surface area contributed by atoms with Crippen LogP contribution in [0.5, 0.6) is 0 Å². The van der Waals surface area contributed by atoms with Gasteiger partial charge in [0.05, 0.1) is 18.4 Å². The van der Waals surface area contributed by atoms with Crippen molar-refractivity contribution in [1.29, 1.82) is 0 Å². The number of carbonyl (C=O) groups is 2. The van der Waals surface area contributed by atoms with E-state index in [0.717, 1.165) is 6.26 Å². The summed E-state index contributed by atoms with van der Waals surface area (Å²) in [5.41, 5.74) is 0.383. The summed E-state index contributed by atoms with van der Waals surface area (Å²) < 4.78 is 27.3. The van der Waals surface area contributed by atoms with Crippen LogP contribution in [-0.2, 0) is 19.4 Å². The summed E-state index contributed by atoms with van der Waals surface area (Å²) in [5.74, 6) is -0.630. The Bertz CT molecular complexity index is 607. The summed E-state index contributed by atoms with van der Waals surface area (Å²) in [7, 11) is -1.99. The van der Waals surface area contributed by atoms with E-state index in [1.165, 1.54) is 36.3 Å². The molecule has 0 spiro atoms. The number of benzene rings is 1. The van der Waals surface area contributed by atoms with Gasteiger partial charge in [0.25, 0.3) is 5.91 Å². The van der Waals surface area contributed by atoms with Gasteiger partial charge in [0.2, 0.25) is 0 Å². The molecule has 0 unspecified atom stereocenters. The fourth-order valence-electron chi connectivity index (χ4n) is 1.76. The first-order chi connectivity index (χ1) is 9.79. The van der Waals surface area contributed by atoms with E-state index in [-0.39, 0.29) is 29.7 Å². The van der Waals surface area contributed by atoms with Gasteiger partial charge < -0.3 is 9.64 Å². The SMILES string of the molecule is CCN(CCC(=O)OC)C(=O)c1ccc(S(C)(=O)=O)cc1. The van der Waals surface area contributed by atoms with Gasteiger partial charge in [-0.2, -0.15) is 0 Å². The average Bonchev–Trinajstić information content (AvgIpc) is 2.46. The lowest BCUT2D eigenvalue weighted by molar-refractivity contribution is -0.140. The Balaban J connectivity index is 2.83. The van der Waals surface area contributed by atoms with Gasteiger partial charge in [-0.25, -0.2) is 8.42 Å². The minimum atomic E-state index is -3.28. The van der Waals surface area contributed by atoms with Gasteiger partial charge in [0.15, 0.2) is 9.84 Å². The average molecular weight is 313 g/mol. The molecule has 0 aliphatic heterocycles. The molecule has 116 valence electrons. The molecule has 0 fully saturated rings. The first-order valence-corrected chi connectivity index (χ1v) is 8.35. The Kier molecular flexibility index (Phi) is 5.90. The van der Waals surface area contributed by atoms with Crippen molar-refractivity contribution in [2.75, 3.05) is 26.5 Å². The maximum Gasteiger partial charge on any atom is 0.307 e. The van der Waals surface area contributed by atoms with E-state index in [1.54, 1.807) is 6.92 Å². The van der Waals surface area contributed by atoms with Crippen LogP contribution in [0.1, 0.15) is 23.7 Å². The second kappa shape index (κ2) is 7.21. The van der Waals surface area contributed by atoms with Crippen LogP contribution in [0.15, 0.2) is 29.2 Å². The molecule has 0 bridgehead atoms. The number of carbonyl (C=O) groups excluding carboxylic acids is 2. The number of hydrogen-bond acceptors (Lipinski definition) is 5. The zero-order valence-corrected chi connectivity index (χ0v) is 13.1. The Labute approximate surface area is 124 Å². The number of hydrogen-bond donors (Lipinski definition) is 0. The molecule has 0 aliphatic carbocycles. The van der Waals surface area contributed by atoms with Gasteiger partial charge >= 0.3 is 5.97 Å². The molecule has 0 atom stereocenters. The first-order valence-electron chi connectivity index (χ1n) is 6.45. The molecule has 7 heteroatoms. The number of amides is 1. The zero-order chi connectivity index (χ0) is 16.0. The van der Waals surface area contributed by atoms with Gasteiger partial charge in [-0.3, -0.25) is 9.59 Å². The standard InChI is InChI=1S/C14H19NO5S/c1-4-15(10-9-13(16)20-2)14(17)11-5-7-12(8-6-11)21(3,18)19/h5-8H,4,9-10H2,1-3H3. The molecule has 0 N–H and O–H groups in total. The maximum atomic E-state index is 12.3. The van der Waals surface area contributed by atoms with Crippen LogP contribution in [0.2, 0.25) is 0 Å². The van der Waals surface area contributed by atoms with Crippen molar-refractivity contribution in [3.05, 3.63) is 29.8 Å². The fraction of sp³-hybridized carbons (Fsp3) is 0.429. The second-order valence-corrected chi connectivity index (χ2v) is 6.52. The molecule has 0 aliphatic rings. The van der Waals surface area contributed by atoms with E-state index in [9.17, 15) is 18.0 Å². The summed E-state index contributed by atoms with van der Waals surface area (Å²) in [6.45, 7) is 2.51. The molecule has 0 saturated heterocycles. The number of methoxy groups -OCH3 is 1. The summed E-state index contributed by atoms with van der Waals surface area (Å²) >= 11 is 0. The van der Waals surface area contributed by atoms with Gasteiger partial charge in [-0.15, -0.1) is 0 Å². The quantitative estimate of drug-likeness (QED) is 0.735. The highest BCUT2D eigenvalue weighted by atomic mass is 32.2. The van der Waals surface area contributed by atoms with Crippen LogP contribution in [0.4, 0.5) is 0 Å². The van der Waals surface area contributed by atoms with E-state index in [1.807, 2.05) is 0 Å². The molecule has 1 aromatic carbocycles. The lowest BCUT2D eigenvalue weighted by Crippen LogP contribution is -2.33. The van der Waals surface area contributed by atoms with Crippen molar-refractivity contribution in [3.63, 3.8) is 0 Å². The van der Waals surface area contributed by atoms with Crippen LogP contribution in [0.25, 0.3) is 0 Å². The van der Waals surface area contributed by atoms with Gasteiger partial charge in [-0.05, 0) is 31.2 Å². The summed E-state index contributed by atoms with van der Waals surface area (Å²) in [5, 5.41) is 0. The summed E-state index contributed by atoms with van der Waals surface area (Å²) in [6, 6.07) is 5.74. The van der Waals surface area contributed by atoms with Crippen molar-refractivity contribution in [1.82, 2.24) is 4.90 Å². The van der Waals surface area contributed by atoms with Crippen molar-refractivity contribution in [2.45, 2.75) is 18.2 Å². The molecule has 0 saturated carbocycles.